The van der Waals surface area contributed by atoms with Gasteiger partial charge in [-0.15, -0.1) is 0 Å². The number of para-hydroxylation sites is 1. The molecule has 3 rings (SSSR count). The Bertz CT molecular complexity index is 972. The highest BCUT2D eigenvalue weighted by Gasteiger charge is 2.23. The highest BCUT2D eigenvalue weighted by Crippen LogP contribution is 2.37. The first-order chi connectivity index (χ1) is 12.0. The number of rotatable bonds is 4. The molecule has 0 atom stereocenters. The van der Waals surface area contributed by atoms with E-state index in [1.54, 1.807) is 56.3 Å². The zero-order chi connectivity index (χ0) is 18.0. The average molecular weight is 340 g/mol. The van der Waals surface area contributed by atoms with Crippen molar-refractivity contribution >= 4 is 16.9 Å². The van der Waals surface area contributed by atoms with E-state index in [1.165, 1.54) is 6.07 Å². The Hall–Kier alpha value is -3.28. The normalized spacial score (nSPS) is 10.8. The molecule has 3 aromatic rings. The second-order valence-corrected chi connectivity index (χ2v) is 5.62. The summed E-state index contributed by atoms with van der Waals surface area (Å²) in [5.41, 5.74) is -0.586. The summed E-state index contributed by atoms with van der Waals surface area (Å²) in [5, 5.41) is 10.2. The first-order valence-electron chi connectivity index (χ1n) is 7.70. The second-order valence-electron chi connectivity index (χ2n) is 5.62. The molecule has 0 saturated carbocycles. The molecule has 25 heavy (non-hydrogen) atoms. The lowest BCUT2D eigenvalue weighted by Gasteiger charge is -2.14. The summed E-state index contributed by atoms with van der Waals surface area (Å²) in [4.78, 5) is 24.7. The van der Waals surface area contributed by atoms with Crippen LogP contribution in [0.5, 0.6) is 17.2 Å². The van der Waals surface area contributed by atoms with Crippen LogP contribution in [0.4, 0.5) is 0 Å². The largest absolute Gasteiger partial charge is 0.504 e. The summed E-state index contributed by atoms with van der Waals surface area (Å²) in [6.45, 7) is 3.46. The molecule has 128 valence electrons. The van der Waals surface area contributed by atoms with Gasteiger partial charge in [0.2, 0.25) is 5.75 Å². The van der Waals surface area contributed by atoms with Crippen LogP contribution in [0.2, 0.25) is 0 Å². The molecule has 0 amide bonds. The van der Waals surface area contributed by atoms with Crippen LogP contribution in [0.25, 0.3) is 11.0 Å². The fourth-order valence-corrected chi connectivity index (χ4v) is 2.33. The van der Waals surface area contributed by atoms with Gasteiger partial charge in [0.1, 0.15) is 0 Å². The third kappa shape index (κ3) is 3.33. The van der Waals surface area contributed by atoms with Crippen LogP contribution < -0.4 is 15.1 Å². The number of fused-ring (bicyclic) bond motifs is 1. The molecule has 6 nitrogen and oxygen atoms in total. The lowest BCUT2D eigenvalue weighted by atomic mass is 10.2. The minimum absolute atomic E-state index is 0.0699. The van der Waals surface area contributed by atoms with Crippen molar-refractivity contribution in [2.45, 2.75) is 20.0 Å². The first kappa shape index (κ1) is 16.6. The minimum atomic E-state index is -0.835. The van der Waals surface area contributed by atoms with E-state index in [1.807, 2.05) is 0 Å². The monoisotopic (exact) mass is 340 g/mol. The number of carbonyl (C=O) groups is 1. The lowest BCUT2D eigenvalue weighted by Crippen LogP contribution is -2.17. The molecule has 1 N–H and O–H groups in total. The number of benzene rings is 2. The maximum absolute atomic E-state index is 12.4. The van der Waals surface area contributed by atoms with Gasteiger partial charge in [-0.3, -0.25) is 0 Å². The quantitative estimate of drug-likeness (QED) is 0.578. The minimum Gasteiger partial charge on any atom is -0.504 e. The van der Waals surface area contributed by atoms with Gasteiger partial charge in [-0.1, -0.05) is 24.3 Å². The summed E-state index contributed by atoms with van der Waals surface area (Å²) >= 11 is 0. The van der Waals surface area contributed by atoms with Gasteiger partial charge in [0.05, 0.1) is 17.1 Å². The van der Waals surface area contributed by atoms with Crippen LogP contribution in [0.1, 0.15) is 24.2 Å². The first-order valence-corrected chi connectivity index (χ1v) is 7.70. The van der Waals surface area contributed by atoms with E-state index in [4.69, 9.17) is 13.9 Å². The molecule has 0 bridgehead atoms. The number of hydrogen-bond acceptors (Lipinski definition) is 6. The van der Waals surface area contributed by atoms with E-state index in [9.17, 15) is 14.7 Å². The van der Waals surface area contributed by atoms with Gasteiger partial charge in [-0.2, -0.15) is 0 Å². The molecule has 0 spiro atoms. The molecule has 0 saturated heterocycles. The molecular formula is C19H16O6. The lowest BCUT2D eigenvalue weighted by molar-refractivity contribution is 0.0726. The molecule has 0 radical (unpaired) electrons. The average Bonchev–Trinajstić information content (AvgIpc) is 2.59. The van der Waals surface area contributed by atoms with Gasteiger partial charge in [0, 0.05) is 0 Å². The Kier molecular flexibility index (Phi) is 4.43. The fraction of sp³-hybridized carbons (Fsp3) is 0.158. The van der Waals surface area contributed by atoms with Crippen LogP contribution in [0.3, 0.4) is 0 Å². The van der Waals surface area contributed by atoms with Crippen LogP contribution in [-0.4, -0.2) is 17.2 Å². The number of phenols is 1. The molecule has 0 aliphatic rings. The molecule has 0 unspecified atom stereocenters. The maximum Gasteiger partial charge on any atom is 0.383 e. The van der Waals surface area contributed by atoms with Crippen LogP contribution >= 0.6 is 0 Å². The number of esters is 1. The van der Waals surface area contributed by atoms with Crippen molar-refractivity contribution in [1.29, 1.82) is 0 Å². The second kappa shape index (κ2) is 6.68. The molecule has 2 aromatic carbocycles. The third-order valence-corrected chi connectivity index (χ3v) is 3.38. The van der Waals surface area contributed by atoms with Crippen molar-refractivity contribution in [3.8, 4) is 17.2 Å². The molecule has 0 aliphatic carbocycles. The smallest absolute Gasteiger partial charge is 0.383 e. The Balaban J connectivity index is 2.18. The molecule has 6 heteroatoms. The van der Waals surface area contributed by atoms with E-state index in [2.05, 4.69) is 0 Å². The molecule has 1 aromatic heterocycles. The van der Waals surface area contributed by atoms with Gasteiger partial charge in [0.15, 0.2) is 17.1 Å². The van der Waals surface area contributed by atoms with Crippen molar-refractivity contribution in [1.82, 2.24) is 0 Å². The molecule has 0 fully saturated rings. The third-order valence-electron chi connectivity index (χ3n) is 3.38. The molecular weight excluding hydrogens is 324 g/mol. The SMILES string of the molecule is CC(C)Oc1c(OC(=O)c2ccccc2)c2cccc(O)c2oc1=O. The predicted octanol–water partition coefficient (Wildman–Crippen LogP) is 3.51. The number of ether oxygens (including phenoxy) is 2. The highest BCUT2D eigenvalue weighted by molar-refractivity contribution is 5.96. The summed E-state index contributed by atoms with van der Waals surface area (Å²) < 4.78 is 16.1. The van der Waals surface area contributed by atoms with E-state index >= 15 is 0 Å². The van der Waals surface area contributed by atoms with E-state index in [0.717, 1.165) is 0 Å². The summed E-state index contributed by atoms with van der Waals surface area (Å²) in [6, 6.07) is 12.9. The van der Waals surface area contributed by atoms with Crippen molar-refractivity contribution in [3.63, 3.8) is 0 Å². The van der Waals surface area contributed by atoms with Crippen molar-refractivity contribution < 1.29 is 23.8 Å². The van der Waals surface area contributed by atoms with Crippen molar-refractivity contribution in [3.05, 3.63) is 64.5 Å². The van der Waals surface area contributed by atoms with Crippen LogP contribution in [0, 0.1) is 0 Å². The summed E-state index contributed by atoms with van der Waals surface area (Å²) in [7, 11) is 0. The van der Waals surface area contributed by atoms with Gasteiger partial charge in [0.25, 0.3) is 0 Å². The fourth-order valence-electron chi connectivity index (χ4n) is 2.33. The Morgan fingerprint density at radius 2 is 1.76 bits per heavy atom. The number of hydrogen-bond donors (Lipinski definition) is 1. The van der Waals surface area contributed by atoms with Crippen molar-refractivity contribution in [2.24, 2.45) is 0 Å². The molecule has 1 heterocycles. The highest BCUT2D eigenvalue weighted by atomic mass is 16.6. The van der Waals surface area contributed by atoms with Crippen molar-refractivity contribution in [2.75, 3.05) is 0 Å². The van der Waals surface area contributed by atoms with E-state index in [-0.39, 0.29) is 34.3 Å². The van der Waals surface area contributed by atoms with Crippen LogP contribution in [-0.2, 0) is 0 Å². The zero-order valence-corrected chi connectivity index (χ0v) is 13.7. The van der Waals surface area contributed by atoms with E-state index < -0.39 is 11.6 Å². The zero-order valence-electron chi connectivity index (χ0n) is 13.7. The maximum atomic E-state index is 12.4. The van der Waals surface area contributed by atoms with Gasteiger partial charge >= 0.3 is 11.6 Å². The Labute approximate surface area is 143 Å². The number of carbonyl (C=O) groups excluding carboxylic acids is 1. The summed E-state index contributed by atoms with van der Waals surface area (Å²) in [5.74, 6) is -1.17. The standard InChI is InChI=1S/C19H16O6/c1-11(2)23-17-16(25-18(21)12-7-4-3-5-8-12)13-9-6-10-14(20)15(13)24-19(17)22/h3-11,20H,1-2H3. The Morgan fingerprint density at radius 3 is 2.44 bits per heavy atom. The van der Waals surface area contributed by atoms with Gasteiger partial charge in [-0.25, -0.2) is 9.59 Å². The van der Waals surface area contributed by atoms with Gasteiger partial charge in [-0.05, 0) is 38.1 Å². The summed E-state index contributed by atoms with van der Waals surface area (Å²) in [6.07, 6.45) is -0.341. The molecule has 0 aliphatic heterocycles. The predicted molar refractivity (Wildman–Crippen MR) is 91.3 cm³/mol. The van der Waals surface area contributed by atoms with Gasteiger partial charge < -0.3 is 19.0 Å². The Morgan fingerprint density at radius 1 is 1.04 bits per heavy atom. The number of phenolic OH excluding ortho intramolecular Hbond substituents is 1. The number of aromatic hydroxyl groups is 1. The van der Waals surface area contributed by atoms with E-state index in [0.29, 0.717) is 5.56 Å². The van der Waals surface area contributed by atoms with Crippen LogP contribution in [0.15, 0.2) is 57.7 Å². The topological polar surface area (TPSA) is 86.0 Å².